The van der Waals surface area contributed by atoms with Crippen LogP contribution in [0.1, 0.15) is 31.7 Å². The molecule has 0 aliphatic carbocycles. The molecule has 0 aromatic heterocycles. The summed E-state index contributed by atoms with van der Waals surface area (Å²) in [5.74, 6) is 0.458. The normalized spacial score (nSPS) is 19.6. The van der Waals surface area contributed by atoms with Gasteiger partial charge in [0.25, 0.3) is 0 Å². The highest BCUT2D eigenvalue weighted by Gasteiger charge is 2.25. The van der Waals surface area contributed by atoms with Gasteiger partial charge in [0.05, 0.1) is 5.69 Å². The zero-order chi connectivity index (χ0) is 12.5. The van der Waals surface area contributed by atoms with Crippen LogP contribution in [0.3, 0.4) is 0 Å². The fraction of sp³-hybridized carbons (Fsp3) is 0.500. The first kappa shape index (κ1) is 12.4. The summed E-state index contributed by atoms with van der Waals surface area (Å²) in [4.78, 5) is 0. The largest absolute Gasteiger partial charge is 0.301 e. The first-order chi connectivity index (χ1) is 8.00. The summed E-state index contributed by atoms with van der Waals surface area (Å²) >= 11 is 0. The van der Waals surface area contributed by atoms with E-state index in [9.17, 15) is 8.42 Å². The third kappa shape index (κ3) is 2.61. The van der Waals surface area contributed by atoms with Gasteiger partial charge < -0.3 is 0 Å². The fourth-order valence-corrected chi connectivity index (χ4v) is 3.24. The van der Waals surface area contributed by atoms with Crippen molar-refractivity contribution in [3.63, 3.8) is 0 Å². The predicted octanol–water partition coefficient (Wildman–Crippen LogP) is 1.85. The van der Waals surface area contributed by atoms with Gasteiger partial charge in [0, 0.05) is 13.1 Å². The van der Waals surface area contributed by atoms with E-state index in [1.807, 2.05) is 24.3 Å². The Morgan fingerprint density at radius 3 is 2.41 bits per heavy atom. The smallest absolute Gasteiger partial charge is 0.258 e. The number of hydrogen-bond donors (Lipinski definition) is 1. The topological polar surface area (TPSA) is 49.4 Å². The van der Waals surface area contributed by atoms with E-state index in [1.54, 1.807) is 0 Å². The van der Waals surface area contributed by atoms with E-state index in [0.29, 0.717) is 19.0 Å². The number of nitrogens with one attached hydrogen (secondary N) is 1. The average molecular weight is 254 g/mol. The highest BCUT2D eigenvalue weighted by atomic mass is 32.2. The molecule has 0 saturated carbocycles. The lowest BCUT2D eigenvalue weighted by atomic mass is 10.0. The Balaban J connectivity index is 2.27. The van der Waals surface area contributed by atoms with Crippen LogP contribution in [0.4, 0.5) is 5.69 Å². The van der Waals surface area contributed by atoms with Crippen LogP contribution < -0.4 is 9.03 Å². The molecule has 1 aliphatic rings. The van der Waals surface area contributed by atoms with E-state index in [1.165, 1.54) is 9.87 Å². The maximum Gasteiger partial charge on any atom is 0.301 e. The summed E-state index contributed by atoms with van der Waals surface area (Å²) in [5, 5.41) is 0. The van der Waals surface area contributed by atoms with Crippen molar-refractivity contribution in [2.45, 2.75) is 26.2 Å². The maximum atomic E-state index is 11.8. The Bertz CT molecular complexity index is 480. The van der Waals surface area contributed by atoms with Crippen LogP contribution in [0.25, 0.3) is 0 Å². The van der Waals surface area contributed by atoms with Gasteiger partial charge in [-0.1, -0.05) is 26.0 Å². The van der Waals surface area contributed by atoms with E-state index < -0.39 is 10.2 Å². The number of hydrogen-bond acceptors (Lipinski definition) is 2. The molecular weight excluding hydrogens is 236 g/mol. The van der Waals surface area contributed by atoms with Gasteiger partial charge in [0.1, 0.15) is 0 Å². The number of nitrogens with zero attached hydrogens (tertiary/aromatic N) is 1. The molecule has 4 nitrogen and oxygen atoms in total. The summed E-state index contributed by atoms with van der Waals surface area (Å²) in [7, 11) is -3.33. The molecular formula is C12H18N2O2S. The fourth-order valence-electron chi connectivity index (χ4n) is 1.92. The molecule has 2 rings (SSSR count). The Morgan fingerprint density at radius 1 is 1.24 bits per heavy atom. The van der Waals surface area contributed by atoms with E-state index in [0.717, 1.165) is 12.1 Å². The van der Waals surface area contributed by atoms with E-state index in [2.05, 4.69) is 18.6 Å². The van der Waals surface area contributed by atoms with Crippen LogP contribution in [-0.4, -0.2) is 21.5 Å². The number of anilines is 1. The summed E-state index contributed by atoms with van der Waals surface area (Å²) < 4.78 is 27.6. The lowest BCUT2D eigenvalue weighted by Gasteiger charge is -2.28. The SMILES string of the molecule is CC(C)c1ccc(N2CCCNS2(=O)=O)cc1. The summed E-state index contributed by atoms with van der Waals surface area (Å²) in [6.07, 6.45) is 0.838. The molecule has 1 aromatic rings. The third-order valence-electron chi connectivity index (χ3n) is 2.96. The van der Waals surface area contributed by atoms with Gasteiger partial charge >= 0.3 is 10.2 Å². The quantitative estimate of drug-likeness (QED) is 0.875. The lowest BCUT2D eigenvalue weighted by molar-refractivity contribution is 0.560. The van der Waals surface area contributed by atoms with Crippen LogP contribution in [0.15, 0.2) is 24.3 Å². The molecule has 0 bridgehead atoms. The molecule has 94 valence electrons. The molecule has 1 aliphatic heterocycles. The van der Waals surface area contributed by atoms with Gasteiger partial charge in [0.15, 0.2) is 0 Å². The van der Waals surface area contributed by atoms with Crippen LogP contribution in [0, 0.1) is 0 Å². The molecule has 1 aromatic carbocycles. The molecule has 1 N–H and O–H groups in total. The minimum atomic E-state index is -3.33. The first-order valence-corrected chi connectivity index (χ1v) is 7.32. The molecule has 1 heterocycles. The second-order valence-corrected chi connectivity index (χ2v) is 6.25. The van der Waals surface area contributed by atoms with Gasteiger partial charge in [-0.2, -0.15) is 13.1 Å². The van der Waals surface area contributed by atoms with Crippen molar-refractivity contribution in [1.29, 1.82) is 0 Å². The van der Waals surface area contributed by atoms with Crippen molar-refractivity contribution in [3.05, 3.63) is 29.8 Å². The molecule has 0 spiro atoms. The van der Waals surface area contributed by atoms with Gasteiger partial charge in [0.2, 0.25) is 0 Å². The molecule has 17 heavy (non-hydrogen) atoms. The summed E-state index contributed by atoms with van der Waals surface area (Å²) in [5.41, 5.74) is 1.96. The second-order valence-electron chi connectivity index (χ2n) is 4.57. The zero-order valence-electron chi connectivity index (χ0n) is 10.2. The van der Waals surface area contributed by atoms with E-state index >= 15 is 0 Å². The summed E-state index contributed by atoms with van der Waals surface area (Å²) in [6.45, 7) is 5.32. The Labute approximate surface area is 103 Å². The van der Waals surface area contributed by atoms with Gasteiger partial charge in [-0.3, -0.25) is 4.31 Å². The molecule has 0 atom stereocenters. The van der Waals surface area contributed by atoms with E-state index in [-0.39, 0.29) is 0 Å². The summed E-state index contributed by atoms with van der Waals surface area (Å²) in [6, 6.07) is 7.73. The molecule has 0 unspecified atom stereocenters. The van der Waals surface area contributed by atoms with E-state index in [4.69, 9.17) is 0 Å². The maximum absolute atomic E-state index is 11.8. The van der Waals surface area contributed by atoms with Crippen LogP contribution >= 0.6 is 0 Å². The Kier molecular flexibility index (Phi) is 3.40. The standard InChI is InChI=1S/C12H18N2O2S/c1-10(2)11-4-6-12(7-5-11)14-9-3-8-13-17(14,15)16/h4-7,10,13H,3,8-9H2,1-2H3. The number of benzene rings is 1. The van der Waals surface area contributed by atoms with Crippen molar-refractivity contribution in [2.75, 3.05) is 17.4 Å². The average Bonchev–Trinajstić information content (AvgIpc) is 2.28. The van der Waals surface area contributed by atoms with Crippen molar-refractivity contribution in [3.8, 4) is 0 Å². The minimum Gasteiger partial charge on any atom is -0.258 e. The number of rotatable bonds is 2. The Hall–Kier alpha value is -1.07. The van der Waals surface area contributed by atoms with Crippen molar-refractivity contribution >= 4 is 15.9 Å². The second kappa shape index (κ2) is 4.66. The molecule has 1 fully saturated rings. The highest BCUT2D eigenvalue weighted by Crippen LogP contribution is 2.23. The molecule has 5 heteroatoms. The Morgan fingerprint density at radius 2 is 1.88 bits per heavy atom. The lowest BCUT2D eigenvalue weighted by Crippen LogP contribution is -2.47. The predicted molar refractivity (Wildman–Crippen MR) is 69.4 cm³/mol. The van der Waals surface area contributed by atoms with Gasteiger partial charge in [-0.25, -0.2) is 0 Å². The monoisotopic (exact) mass is 254 g/mol. The minimum absolute atomic E-state index is 0.458. The highest BCUT2D eigenvalue weighted by molar-refractivity contribution is 7.90. The van der Waals surface area contributed by atoms with Crippen molar-refractivity contribution in [1.82, 2.24) is 4.72 Å². The van der Waals surface area contributed by atoms with Crippen LogP contribution in [0.5, 0.6) is 0 Å². The zero-order valence-corrected chi connectivity index (χ0v) is 11.0. The van der Waals surface area contributed by atoms with Crippen LogP contribution in [0.2, 0.25) is 0 Å². The van der Waals surface area contributed by atoms with Crippen molar-refractivity contribution in [2.24, 2.45) is 0 Å². The van der Waals surface area contributed by atoms with Crippen LogP contribution in [-0.2, 0) is 10.2 Å². The molecule has 0 amide bonds. The van der Waals surface area contributed by atoms with Gasteiger partial charge in [-0.15, -0.1) is 0 Å². The molecule has 1 saturated heterocycles. The first-order valence-electron chi connectivity index (χ1n) is 5.88. The van der Waals surface area contributed by atoms with Crippen molar-refractivity contribution < 1.29 is 8.42 Å². The third-order valence-corrected chi connectivity index (χ3v) is 4.50. The van der Waals surface area contributed by atoms with Gasteiger partial charge in [-0.05, 0) is 30.0 Å². The molecule has 0 radical (unpaired) electrons.